The zero-order valence-corrected chi connectivity index (χ0v) is 17.2. The molecule has 0 saturated carbocycles. The highest BCUT2D eigenvalue weighted by Crippen LogP contribution is 2.31. The lowest BCUT2D eigenvalue weighted by molar-refractivity contribution is 0.102. The predicted molar refractivity (Wildman–Crippen MR) is 106 cm³/mol. The number of carbonyl (C=O) groups is 1. The van der Waals surface area contributed by atoms with Crippen LogP contribution in [0.5, 0.6) is 11.5 Å². The number of aromatic nitrogens is 2. The van der Waals surface area contributed by atoms with Crippen LogP contribution in [0.3, 0.4) is 0 Å². The summed E-state index contributed by atoms with van der Waals surface area (Å²) in [6.07, 6.45) is 0.508. The lowest BCUT2D eigenvalue weighted by Gasteiger charge is -2.15. The Bertz CT molecular complexity index is 981. The lowest BCUT2D eigenvalue weighted by atomic mass is 10.1. The molecule has 1 aromatic carbocycles. The average Bonchev–Trinajstić information content (AvgIpc) is 3.25. The Morgan fingerprint density at radius 3 is 2.57 bits per heavy atom. The molecule has 0 bridgehead atoms. The number of carbonyl (C=O) groups excluding carboxylic acids is 1. The fraction of sp³-hybridized carbons (Fsp3) is 0.474. The summed E-state index contributed by atoms with van der Waals surface area (Å²) in [7, 11) is 0.00464. The van der Waals surface area contributed by atoms with Crippen molar-refractivity contribution in [3.63, 3.8) is 0 Å². The van der Waals surface area contributed by atoms with Gasteiger partial charge in [-0.05, 0) is 30.5 Å². The zero-order chi connectivity index (χ0) is 20.5. The topological polar surface area (TPSA) is 99.5 Å². The maximum Gasteiger partial charge on any atom is 0.276 e. The van der Waals surface area contributed by atoms with Crippen molar-refractivity contribution >= 4 is 21.4 Å². The van der Waals surface area contributed by atoms with Crippen molar-refractivity contribution in [1.29, 1.82) is 0 Å². The molecule has 1 aromatic heterocycles. The second kappa shape index (κ2) is 7.83. The van der Waals surface area contributed by atoms with Crippen LogP contribution in [-0.2, 0) is 9.84 Å². The van der Waals surface area contributed by atoms with E-state index >= 15 is 0 Å². The highest BCUT2D eigenvalue weighted by Gasteiger charge is 2.32. The van der Waals surface area contributed by atoms with Crippen molar-refractivity contribution in [2.75, 3.05) is 31.0 Å². The quantitative estimate of drug-likeness (QED) is 0.790. The summed E-state index contributed by atoms with van der Waals surface area (Å²) in [4.78, 5) is 12.8. The van der Waals surface area contributed by atoms with Crippen LogP contribution in [0.15, 0.2) is 24.3 Å². The van der Waals surface area contributed by atoms with Gasteiger partial charge in [-0.25, -0.2) is 8.42 Å². The first-order chi connectivity index (χ1) is 13.2. The minimum Gasteiger partial charge on any atom is -0.497 e. The average molecular weight is 407 g/mol. The van der Waals surface area contributed by atoms with Crippen molar-refractivity contribution in [1.82, 2.24) is 9.78 Å². The SMILES string of the molecule is COc1ccc(OC)c(NC(=O)c2cc(C(C)C)n(C3CCS(=O)(=O)C3)n2)c1. The first-order valence-corrected chi connectivity index (χ1v) is 10.9. The summed E-state index contributed by atoms with van der Waals surface area (Å²) >= 11 is 0. The lowest BCUT2D eigenvalue weighted by Crippen LogP contribution is -2.17. The molecule has 1 saturated heterocycles. The van der Waals surface area contributed by atoms with Crippen molar-refractivity contribution in [2.24, 2.45) is 0 Å². The number of nitrogens with zero attached hydrogens (tertiary/aromatic N) is 2. The number of methoxy groups -OCH3 is 2. The van der Waals surface area contributed by atoms with Crippen molar-refractivity contribution < 1.29 is 22.7 Å². The Morgan fingerprint density at radius 2 is 2.00 bits per heavy atom. The van der Waals surface area contributed by atoms with E-state index in [2.05, 4.69) is 10.4 Å². The molecule has 2 aromatic rings. The van der Waals surface area contributed by atoms with Gasteiger partial charge >= 0.3 is 0 Å². The van der Waals surface area contributed by atoms with Crippen molar-refractivity contribution in [3.05, 3.63) is 35.7 Å². The van der Waals surface area contributed by atoms with Gasteiger partial charge in [0, 0.05) is 11.8 Å². The molecule has 152 valence electrons. The Morgan fingerprint density at radius 1 is 1.25 bits per heavy atom. The molecule has 1 aliphatic rings. The number of amides is 1. The number of nitrogens with one attached hydrogen (secondary N) is 1. The Hall–Kier alpha value is -2.55. The number of benzene rings is 1. The van der Waals surface area contributed by atoms with E-state index in [1.807, 2.05) is 13.8 Å². The Kier molecular flexibility index (Phi) is 5.64. The molecule has 28 heavy (non-hydrogen) atoms. The van der Waals surface area contributed by atoms with E-state index in [0.29, 0.717) is 23.6 Å². The third-order valence-corrected chi connectivity index (χ3v) is 6.55. The molecule has 9 heteroatoms. The van der Waals surface area contributed by atoms with E-state index < -0.39 is 15.7 Å². The molecule has 1 unspecified atom stereocenters. The van der Waals surface area contributed by atoms with Gasteiger partial charge < -0.3 is 14.8 Å². The van der Waals surface area contributed by atoms with Crippen LogP contribution in [0.4, 0.5) is 5.69 Å². The van der Waals surface area contributed by atoms with Crippen LogP contribution in [-0.4, -0.2) is 49.8 Å². The number of ether oxygens (including phenoxy) is 2. The van der Waals surface area contributed by atoms with E-state index in [-0.39, 0.29) is 29.2 Å². The second-order valence-electron chi connectivity index (χ2n) is 7.13. The first-order valence-electron chi connectivity index (χ1n) is 9.07. The number of hydrogen-bond acceptors (Lipinski definition) is 6. The van der Waals surface area contributed by atoms with Gasteiger partial charge in [0.15, 0.2) is 15.5 Å². The molecule has 0 spiro atoms. The summed E-state index contributed by atoms with van der Waals surface area (Å²) in [5.41, 5.74) is 1.54. The van der Waals surface area contributed by atoms with Crippen LogP contribution in [0.25, 0.3) is 0 Å². The van der Waals surface area contributed by atoms with E-state index in [0.717, 1.165) is 5.69 Å². The molecule has 0 radical (unpaired) electrons. The standard InChI is InChI=1S/C19H25N3O5S/c1-12(2)17-10-16(21-22(17)13-7-8-28(24,25)11-13)19(23)20-15-9-14(26-3)5-6-18(15)27-4/h5-6,9-10,12-13H,7-8,11H2,1-4H3,(H,20,23). The number of sulfone groups is 1. The monoisotopic (exact) mass is 407 g/mol. The van der Waals surface area contributed by atoms with Crippen LogP contribution in [0, 0.1) is 0 Å². The van der Waals surface area contributed by atoms with Crippen LogP contribution >= 0.6 is 0 Å². The van der Waals surface area contributed by atoms with E-state index in [4.69, 9.17) is 9.47 Å². The summed E-state index contributed by atoms with van der Waals surface area (Å²) in [6.45, 7) is 3.98. The van der Waals surface area contributed by atoms with Gasteiger partial charge in [-0.1, -0.05) is 13.8 Å². The number of anilines is 1. The fourth-order valence-electron chi connectivity index (χ4n) is 3.31. The summed E-state index contributed by atoms with van der Waals surface area (Å²) in [5.74, 6) is 0.994. The zero-order valence-electron chi connectivity index (χ0n) is 16.4. The van der Waals surface area contributed by atoms with Gasteiger partial charge in [-0.2, -0.15) is 5.10 Å². The molecule has 2 heterocycles. The largest absolute Gasteiger partial charge is 0.497 e. The minimum absolute atomic E-state index is 0.0547. The van der Waals surface area contributed by atoms with E-state index in [1.54, 1.807) is 36.1 Å². The molecular weight excluding hydrogens is 382 g/mol. The maximum atomic E-state index is 12.8. The molecule has 1 fully saturated rings. The first kappa shape index (κ1) is 20.2. The number of hydrogen-bond donors (Lipinski definition) is 1. The van der Waals surface area contributed by atoms with E-state index in [1.165, 1.54) is 7.11 Å². The molecule has 8 nitrogen and oxygen atoms in total. The van der Waals surface area contributed by atoms with Gasteiger partial charge in [0.25, 0.3) is 5.91 Å². The number of rotatable bonds is 6. The second-order valence-corrected chi connectivity index (χ2v) is 9.36. The Balaban J connectivity index is 1.90. The van der Waals surface area contributed by atoms with Crippen molar-refractivity contribution in [3.8, 4) is 11.5 Å². The smallest absolute Gasteiger partial charge is 0.276 e. The van der Waals surface area contributed by atoms with Crippen molar-refractivity contribution in [2.45, 2.75) is 32.2 Å². The third-order valence-electron chi connectivity index (χ3n) is 4.80. The maximum absolute atomic E-state index is 12.8. The van der Waals surface area contributed by atoms with Gasteiger partial charge in [-0.15, -0.1) is 0 Å². The highest BCUT2D eigenvalue weighted by atomic mass is 32.2. The Labute approximate surface area is 164 Å². The fourth-order valence-corrected chi connectivity index (χ4v) is 5.00. The summed E-state index contributed by atoms with van der Waals surface area (Å²) in [6, 6.07) is 6.59. The van der Waals surface area contributed by atoms with Crippen LogP contribution in [0.2, 0.25) is 0 Å². The summed E-state index contributed by atoms with van der Waals surface area (Å²) < 4.78 is 35.9. The van der Waals surface area contributed by atoms with E-state index in [9.17, 15) is 13.2 Å². The molecule has 0 aliphatic carbocycles. The molecule has 1 N–H and O–H groups in total. The third kappa shape index (κ3) is 4.14. The van der Waals surface area contributed by atoms with Gasteiger partial charge in [-0.3, -0.25) is 9.48 Å². The summed E-state index contributed by atoms with van der Waals surface area (Å²) in [5, 5.41) is 7.24. The van der Waals surface area contributed by atoms with Gasteiger partial charge in [0.2, 0.25) is 0 Å². The van der Waals surface area contributed by atoms with Gasteiger partial charge in [0.1, 0.15) is 11.5 Å². The molecule has 1 aliphatic heterocycles. The van der Waals surface area contributed by atoms with Crippen LogP contribution in [0.1, 0.15) is 48.4 Å². The van der Waals surface area contributed by atoms with Gasteiger partial charge in [0.05, 0.1) is 37.5 Å². The molecular formula is C19H25N3O5S. The molecule has 1 amide bonds. The van der Waals surface area contributed by atoms with Crippen LogP contribution < -0.4 is 14.8 Å². The predicted octanol–water partition coefficient (Wildman–Crippen LogP) is 2.64. The minimum atomic E-state index is -3.05. The molecule has 3 rings (SSSR count). The highest BCUT2D eigenvalue weighted by molar-refractivity contribution is 7.91. The normalized spacial score (nSPS) is 18.2. The molecule has 1 atom stereocenters.